The van der Waals surface area contributed by atoms with E-state index >= 15 is 0 Å². The van der Waals surface area contributed by atoms with Crippen LogP contribution in [-0.4, -0.2) is 16.4 Å². The zero-order chi connectivity index (χ0) is 15.2. The van der Waals surface area contributed by atoms with E-state index in [-0.39, 0.29) is 11.4 Å². The summed E-state index contributed by atoms with van der Waals surface area (Å²) in [5, 5.41) is 4.55. The van der Waals surface area contributed by atoms with Crippen molar-refractivity contribution < 1.29 is 4.79 Å². The third-order valence-corrected chi connectivity index (χ3v) is 3.92. The molecule has 2 aromatic rings. The molecule has 1 aromatic heterocycles. The number of fused-ring (bicyclic) bond motifs is 2. The Morgan fingerprint density at radius 2 is 2.05 bits per heavy atom. The Morgan fingerprint density at radius 3 is 2.76 bits per heavy atom. The van der Waals surface area contributed by atoms with Crippen LogP contribution in [0.5, 0.6) is 0 Å². The van der Waals surface area contributed by atoms with Crippen molar-refractivity contribution in [2.75, 3.05) is 0 Å². The van der Waals surface area contributed by atoms with Crippen molar-refractivity contribution >= 4 is 28.4 Å². The summed E-state index contributed by atoms with van der Waals surface area (Å²) >= 11 is 6.12. The van der Waals surface area contributed by atoms with E-state index in [2.05, 4.69) is 5.32 Å². The second-order valence-corrected chi connectivity index (χ2v) is 7.07. The largest absolute Gasteiger partial charge is 0.347 e. The molecule has 0 saturated heterocycles. The molecular formula is C17H19ClN2O. The molecule has 0 bridgehead atoms. The molecule has 0 aliphatic heterocycles. The Bertz CT molecular complexity index is 732. The number of aryl methyl sites for hydroxylation is 1. The maximum atomic E-state index is 12.8. The molecule has 0 fully saturated rings. The average Bonchev–Trinajstić information content (AvgIpc) is 2.81. The van der Waals surface area contributed by atoms with Crippen LogP contribution in [0.4, 0.5) is 0 Å². The van der Waals surface area contributed by atoms with Gasteiger partial charge in [-0.25, -0.2) is 0 Å². The number of rotatable bonds is 1. The van der Waals surface area contributed by atoms with Gasteiger partial charge in [0.2, 0.25) is 0 Å². The molecule has 0 radical (unpaired) electrons. The molecule has 1 aromatic carbocycles. The van der Waals surface area contributed by atoms with E-state index in [4.69, 9.17) is 16.6 Å². The molecule has 0 saturated carbocycles. The van der Waals surface area contributed by atoms with E-state index < -0.39 is 0 Å². The highest BCUT2D eigenvalue weighted by atomic mass is 35.5. The van der Waals surface area contributed by atoms with Crippen LogP contribution in [0, 0.1) is 0 Å². The number of hydrogen-bond acceptors (Lipinski definition) is 2. The fourth-order valence-corrected chi connectivity index (χ4v) is 3.07. The lowest BCUT2D eigenvalue weighted by molar-refractivity contribution is 0.0920. The predicted octanol–water partition coefficient (Wildman–Crippen LogP) is 3.91. The highest BCUT2D eigenvalue weighted by Gasteiger charge is 2.25. The van der Waals surface area contributed by atoms with Crippen molar-refractivity contribution in [3.05, 3.63) is 40.0 Å². The number of pyridine rings is 1. The van der Waals surface area contributed by atoms with Gasteiger partial charge in [-0.3, -0.25) is 9.78 Å². The summed E-state index contributed by atoms with van der Waals surface area (Å²) in [5.74, 6) is -0.0321. The van der Waals surface area contributed by atoms with Gasteiger partial charge in [-0.05, 0) is 63.8 Å². The van der Waals surface area contributed by atoms with Crippen molar-refractivity contribution in [2.24, 2.45) is 0 Å². The maximum absolute atomic E-state index is 12.8. The number of hydrogen-bond donors (Lipinski definition) is 1. The van der Waals surface area contributed by atoms with Crippen molar-refractivity contribution in [2.45, 2.75) is 45.6 Å². The molecule has 0 unspecified atom stereocenters. The standard InChI is InChI=1S/C17H19ClN2O/c1-17(2,3)20-16(21)15-11-5-4-6-13(11)19-14-8-7-10(18)9-12(14)15/h7-9H,4-6H2,1-3H3,(H,20,21). The average molecular weight is 303 g/mol. The number of aromatic nitrogens is 1. The van der Waals surface area contributed by atoms with Crippen LogP contribution in [0.1, 0.15) is 48.8 Å². The Hall–Kier alpha value is -1.61. The minimum absolute atomic E-state index is 0.0321. The van der Waals surface area contributed by atoms with Crippen molar-refractivity contribution in [3.8, 4) is 0 Å². The lowest BCUT2D eigenvalue weighted by Crippen LogP contribution is -2.41. The van der Waals surface area contributed by atoms with E-state index in [9.17, 15) is 4.79 Å². The van der Waals surface area contributed by atoms with Crippen LogP contribution in [-0.2, 0) is 12.8 Å². The second-order valence-electron chi connectivity index (χ2n) is 6.63. The Kier molecular flexibility index (Phi) is 3.40. The van der Waals surface area contributed by atoms with Gasteiger partial charge in [0.25, 0.3) is 5.91 Å². The highest BCUT2D eigenvalue weighted by Crippen LogP contribution is 2.31. The smallest absolute Gasteiger partial charge is 0.252 e. The summed E-state index contributed by atoms with van der Waals surface area (Å²) in [6.45, 7) is 5.96. The van der Waals surface area contributed by atoms with E-state index in [1.807, 2.05) is 39.0 Å². The van der Waals surface area contributed by atoms with Crippen LogP contribution in [0.15, 0.2) is 18.2 Å². The van der Waals surface area contributed by atoms with E-state index in [1.165, 1.54) is 0 Å². The lowest BCUT2D eigenvalue weighted by atomic mass is 9.99. The topological polar surface area (TPSA) is 42.0 Å². The minimum atomic E-state index is -0.267. The summed E-state index contributed by atoms with van der Waals surface area (Å²) in [7, 11) is 0. The quantitative estimate of drug-likeness (QED) is 0.868. The maximum Gasteiger partial charge on any atom is 0.252 e. The number of benzene rings is 1. The van der Waals surface area contributed by atoms with E-state index in [1.54, 1.807) is 0 Å². The first-order valence-electron chi connectivity index (χ1n) is 7.29. The molecule has 4 heteroatoms. The molecule has 3 rings (SSSR count). The fourth-order valence-electron chi connectivity index (χ4n) is 2.90. The summed E-state index contributed by atoms with van der Waals surface area (Å²) in [5.41, 5.74) is 3.48. The molecule has 1 heterocycles. The Balaban J connectivity index is 2.23. The summed E-state index contributed by atoms with van der Waals surface area (Å²) in [6, 6.07) is 5.56. The first kappa shape index (κ1) is 14.3. The molecule has 110 valence electrons. The van der Waals surface area contributed by atoms with Crippen LogP contribution in [0.3, 0.4) is 0 Å². The minimum Gasteiger partial charge on any atom is -0.347 e. The normalized spacial score (nSPS) is 14.3. The molecule has 1 N–H and O–H groups in total. The van der Waals surface area contributed by atoms with Gasteiger partial charge >= 0.3 is 0 Å². The Labute approximate surface area is 129 Å². The van der Waals surface area contributed by atoms with Gasteiger partial charge in [-0.1, -0.05) is 11.6 Å². The molecular weight excluding hydrogens is 284 g/mol. The number of nitrogens with one attached hydrogen (secondary N) is 1. The molecule has 3 nitrogen and oxygen atoms in total. The summed E-state index contributed by atoms with van der Waals surface area (Å²) in [6.07, 6.45) is 2.92. The van der Waals surface area contributed by atoms with Crippen molar-refractivity contribution in [3.63, 3.8) is 0 Å². The predicted molar refractivity (Wildman–Crippen MR) is 86.0 cm³/mol. The lowest BCUT2D eigenvalue weighted by Gasteiger charge is -2.22. The van der Waals surface area contributed by atoms with Gasteiger partial charge in [0, 0.05) is 21.6 Å². The van der Waals surface area contributed by atoms with Crippen LogP contribution in [0.25, 0.3) is 10.9 Å². The zero-order valence-electron chi connectivity index (χ0n) is 12.6. The molecule has 1 amide bonds. The summed E-state index contributed by atoms with van der Waals surface area (Å²) in [4.78, 5) is 17.5. The summed E-state index contributed by atoms with van der Waals surface area (Å²) < 4.78 is 0. The van der Waals surface area contributed by atoms with E-state index in [0.29, 0.717) is 5.02 Å². The van der Waals surface area contributed by atoms with Gasteiger partial charge in [0.1, 0.15) is 0 Å². The van der Waals surface area contributed by atoms with Crippen LogP contribution in [0.2, 0.25) is 5.02 Å². The Morgan fingerprint density at radius 1 is 1.29 bits per heavy atom. The molecule has 21 heavy (non-hydrogen) atoms. The van der Waals surface area contributed by atoms with Crippen LogP contribution >= 0.6 is 11.6 Å². The number of halogens is 1. The van der Waals surface area contributed by atoms with Crippen molar-refractivity contribution in [1.82, 2.24) is 10.3 Å². The van der Waals surface area contributed by atoms with Gasteiger partial charge in [-0.2, -0.15) is 0 Å². The number of nitrogens with zero attached hydrogens (tertiary/aromatic N) is 1. The molecule has 0 spiro atoms. The van der Waals surface area contributed by atoms with Gasteiger partial charge < -0.3 is 5.32 Å². The third kappa shape index (κ3) is 2.75. The highest BCUT2D eigenvalue weighted by molar-refractivity contribution is 6.31. The zero-order valence-corrected chi connectivity index (χ0v) is 13.3. The fraction of sp³-hybridized carbons (Fsp3) is 0.412. The number of carbonyl (C=O) groups excluding carboxylic acids is 1. The molecule has 1 aliphatic rings. The first-order chi connectivity index (χ1) is 9.85. The SMILES string of the molecule is CC(C)(C)NC(=O)c1c2c(nc3ccc(Cl)cc13)CCC2. The molecule has 1 aliphatic carbocycles. The van der Waals surface area contributed by atoms with Crippen molar-refractivity contribution in [1.29, 1.82) is 0 Å². The van der Waals surface area contributed by atoms with Gasteiger partial charge in [0.15, 0.2) is 0 Å². The van der Waals surface area contributed by atoms with Gasteiger partial charge in [0.05, 0.1) is 11.1 Å². The van der Waals surface area contributed by atoms with Gasteiger partial charge in [-0.15, -0.1) is 0 Å². The second kappa shape index (κ2) is 4.99. The van der Waals surface area contributed by atoms with Crippen LogP contribution < -0.4 is 5.32 Å². The first-order valence-corrected chi connectivity index (χ1v) is 7.66. The monoisotopic (exact) mass is 302 g/mol. The third-order valence-electron chi connectivity index (χ3n) is 3.69. The number of amides is 1. The number of carbonyl (C=O) groups is 1. The molecule has 0 atom stereocenters. The van der Waals surface area contributed by atoms with E-state index in [0.717, 1.165) is 47.0 Å².